The average molecular weight is 320 g/mol. The third kappa shape index (κ3) is 3.41. The molecule has 1 N–H and O–H groups in total. The highest BCUT2D eigenvalue weighted by atomic mass is 16.5. The summed E-state index contributed by atoms with van der Waals surface area (Å²) >= 11 is 0. The molecule has 1 atom stereocenters. The molecule has 120 valence electrons. The maximum atomic E-state index is 12.5. The Balaban J connectivity index is 1.79. The second-order valence-corrected chi connectivity index (χ2v) is 5.36. The average Bonchev–Trinajstić information content (AvgIpc) is 3.14. The molecule has 0 amide bonds. The Bertz CT molecular complexity index is 842. The van der Waals surface area contributed by atoms with Crippen LogP contribution in [0.3, 0.4) is 0 Å². The molecule has 0 aliphatic heterocycles. The number of ether oxygens (including phenoxy) is 1. The van der Waals surface area contributed by atoms with Crippen molar-refractivity contribution in [2.45, 2.75) is 12.8 Å². The topological polar surface area (TPSA) is 72.0 Å². The minimum absolute atomic E-state index is 0.0796. The summed E-state index contributed by atoms with van der Waals surface area (Å²) in [5.41, 5.74) is 1.87. The summed E-state index contributed by atoms with van der Waals surface area (Å²) in [4.78, 5) is 31.3. The van der Waals surface area contributed by atoms with Gasteiger partial charge < -0.3 is 9.72 Å². The Hall–Kier alpha value is -3.21. The van der Waals surface area contributed by atoms with Crippen molar-refractivity contribution < 1.29 is 14.3 Å². The molecule has 24 heavy (non-hydrogen) atoms. The molecule has 0 spiro atoms. The van der Waals surface area contributed by atoms with Crippen LogP contribution in [0, 0.1) is 0 Å². The highest BCUT2D eigenvalue weighted by Crippen LogP contribution is 2.20. The number of H-pyrrole nitrogens is 1. The van der Waals surface area contributed by atoms with Gasteiger partial charge in [0.15, 0.2) is 5.78 Å². The van der Waals surface area contributed by atoms with Crippen LogP contribution in [0.1, 0.15) is 34.3 Å². The van der Waals surface area contributed by atoms with E-state index in [-0.39, 0.29) is 11.8 Å². The van der Waals surface area contributed by atoms with Crippen molar-refractivity contribution >= 4 is 11.8 Å². The summed E-state index contributed by atoms with van der Waals surface area (Å²) in [6.07, 6.45) is 3.08. The standard InChI is InChI=1S/C19H16N2O3/c1-13(18(23)24-19-20-10-11-21-19)15-8-5-9-16(12-15)17(22)14-6-3-2-4-7-14/h2-13H,1H3,(H,20,21)/t13-/m0/s1. The van der Waals surface area contributed by atoms with E-state index in [2.05, 4.69) is 9.97 Å². The molecule has 3 rings (SSSR count). The van der Waals surface area contributed by atoms with Gasteiger partial charge in [-0.3, -0.25) is 9.59 Å². The van der Waals surface area contributed by atoms with E-state index in [1.54, 1.807) is 49.5 Å². The number of ketones is 1. The number of hydrogen-bond acceptors (Lipinski definition) is 4. The first-order valence-corrected chi connectivity index (χ1v) is 7.56. The van der Waals surface area contributed by atoms with Crippen molar-refractivity contribution in [1.29, 1.82) is 0 Å². The Morgan fingerprint density at radius 2 is 1.79 bits per heavy atom. The Labute approximate surface area is 139 Å². The predicted molar refractivity (Wildman–Crippen MR) is 89.0 cm³/mol. The van der Waals surface area contributed by atoms with Gasteiger partial charge in [0.25, 0.3) is 0 Å². The van der Waals surface area contributed by atoms with Gasteiger partial charge in [-0.25, -0.2) is 4.98 Å². The SMILES string of the molecule is C[C@H](C(=O)Oc1ncc[nH]1)c1cccc(C(=O)c2ccccc2)c1. The number of benzene rings is 2. The van der Waals surface area contributed by atoms with E-state index in [1.165, 1.54) is 6.20 Å². The molecule has 5 nitrogen and oxygen atoms in total. The van der Waals surface area contributed by atoms with Gasteiger partial charge in [-0.2, -0.15) is 0 Å². The maximum absolute atomic E-state index is 12.5. The zero-order valence-corrected chi connectivity index (χ0v) is 13.1. The minimum atomic E-state index is -0.515. The molecule has 0 aliphatic carbocycles. The van der Waals surface area contributed by atoms with Crippen LogP contribution in [-0.4, -0.2) is 21.7 Å². The second-order valence-electron chi connectivity index (χ2n) is 5.36. The number of nitrogens with one attached hydrogen (secondary N) is 1. The first-order valence-electron chi connectivity index (χ1n) is 7.56. The Morgan fingerprint density at radius 3 is 2.50 bits per heavy atom. The van der Waals surface area contributed by atoms with E-state index >= 15 is 0 Å². The van der Waals surface area contributed by atoms with E-state index in [9.17, 15) is 9.59 Å². The van der Waals surface area contributed by atoms with Crippen LogP contribution in [0.15, 0.2) is 67.0 Å². The molecule has 1 aromatic heterocycles. The lowest BCUT2D eigenvalue weighted by atomic mass is 9.96. The lowest BCUT2D eigenvalue weighted by Gasteiger charge is -2.11. The maximum Gasteiger partial charge on any atom is 0.320 e. The van der Waals surface area contributed by atoms with Crippen LogP contribution in [-0.2, 0) is 4.79 Å². The molecular weight excluding hydrogens is 304 g/mol. The molecule has 0 saturated carbocycles. The first kappa shape index (κ1) is 15.7. The summed E-state index contributed by atoms with van der Waals surface area (Å²) in [7, 11) is 0. The van der Waals surface area contributed by atoms with Gasteiger partial charge in [-0.05, 0) is 18.6 Å². The van der Waals surface area contributed by atoms with Gasteiger partial charge in [0.1, 0.15) is 0 Å². The number of aromatic amines is 1. The number of hydrogen-bond donors (Lipinski definition) is 1. The van der Waals surface area contributed by atoms with Crippen molar-refractivity contribution in [3.05, 3.63) is 83.7 Å². The molecule has 3 aromatic rings. The number of carbonyl (C=O) groups is 2. The number of aromatic nitrogens is 2. The quantitative estimate of drug-likeness (QED) is 0.578. The molecule has 0 aliphatic rings. The number of imidazole rings is 1. The van der Waals surface area contributed by atoms with Crippen LogP contribution >= 0.6 is 0 Å². The first-order chi connectivity index (χ1) is 11.6. The van der Waals surface area contributed by atoms with Crippen LogP contribution in [0.5, 0.6) is 6.01 Å². The summed E-state index contributed by atoms with van der Waals surface area (Å²) in [6.45, 7) is 1.73. The van der Waals surface area contributed by atoms with Crippen LogP contribution in [0.4, 0.5) is 0 Å². The fourth-order valence-corrected chi connectivity index (χ4v) is 2.33. The monoisotopic (exact) mass is 320 g/mol. The highest BCUT2D eigenvalue weighted by Gasteiger charge is 2.20. The van der Waals surface area contributed by atoms with Crippen molar-refractivity contribution in [1.82, 2.24) is 9.97 Å². The van der Waals surface area contributed by atoms with Crippen molar-refractivity contribution in [2.24, 2.45) is 0 Å². The number of carbonyl (C=O) groups excluding carboxylic acids is 2. The second kappa shape index (κ2) is 6.91. The fraction of sp³-hybridized carbons (Fsp3) is 0.105. The van der Waals surface area contributed by atoms with E-state index in [0.717, 1.165) is 0 Å². The van der Waals surface area contributed by atoms with Crippen LogP contribution < -0.4 is 4.74 Å². The zero-order chi connectivity index (χ0) is 16.9. The lowest BCUT2D eigenvalue weighted by molar-refractivity contribution is -0.136. The van der Waals surface area contributed by atoms with Crippen molar-refractivity contribution in [3.63, 3.8) is 0 Å². The summed E-state index contributed by atoms with van der Waals surface area (Å²) in [6, 6.07) is 16.2. The predicted octanol–water partition coefficient (Wildman–Crippen LogP) is 3.35. The molecule has 0 bridgehead atoms. The smallest absolute Gasteiger partial charge is 0.320 e. The summed E-state index contributed by atoms with van der Waals surface area (Å²) in [5, 5.41) is 0. The van der Waals surface area contributed by atoms with Crippen LogP contribution in [0.2, 0.25) is 0 Å². The third-order valence-electron chi connectivity index (χ3n) is 3.71. The van der Waals surface area contributed by atoms with E-state index in [4.69, 9.17) is 4.74 Å². The zero-order valence-electron chi connectivity index (χ0n) is 13.1. The molecular formula is C19H16N2O3. The van der Waals surface area contributed by atoms with Gasteiger partial charge in [0.05, 0.1) is 5.92 Å². The summed E-state index contributed by atoms with van der Waals surface area (Å²) < 4.78 is 5.17. The Kier molecular flexibility index (Phi) is 4.52. The molecule has 0 radical (unpaired) electrons. The molecule has 0 saturated heterocycles. The number of esters is 1. The molecule has 2 aromatic carbocycles. The van der Waals surface area contributed by atoms with Gasteiger partial charge in [-0.1, -0.05) is 48.5 Å². The Morgan fingerprint density at radius 1 is 1.04 bits per heavy atom. The van der Waals surface area contributed by atoms with Gasteiger partial charge in [0, 0.05) is 23.5 Å². The van der Waals surface area contributed by atoms with Gasteiger partial charge in [-0.15, -0.1) is 0 Å². The number of nitrogens with zero attached hydrogens (tertiary/aromatic N) is 1. The normalized spacial score (nSPS) is 11.7. The molecule has 1 heterocycles. The summed E-state index contributed by atoms with van der Waals surface area (Å²) in [5.74, 6) is -1.03. The van der Waals surface area contributed by atoms with E-state index in [0.29, 0.717) is 16.7 Å². The number of rotatable bonds is 5. The molecule has 0 unspecified atom stereocenters. The van der Waals surface area contributed by atoms with Gasteiger partial charge in [0.2, 0.25) is 0 Å². The fourth-order valence-electron chi connectivity index (χ4n) is 2.33. The third-order valence-corrected chi connectivity index (χ3v) is 3.71. The minimum Gasteiger partial charge on any atom is -0.392 e. The van der Waals surface area contributed by atoms with Crippen molar-refractivity contribution in [3.8, 4) is 6.01 Å². The van der Waals surface area contributed by atoms with E-state index < -0.39 is 11.9 Å². The molecule has 0 fully saturated rings. The van der Waals surface area contributed by atoms with Gasteiger partial charge >= 0.3 is 12.0 Å². The lowest BCUT2D eigenvalue weighted by Crippen LogP contribution is -2.17. The van der Waals surface area contributed by atoms with Crippen LogP contribution in [0.25, 0.3) is 0 Å². The largest absolute Gasteiger partial charge is 0.392 e. The van der Waals surface area contributed by atoms with Crippen molar-refractivity contribution in [2.75, 3.05) is 0 Å². The van der Waals surface area contributed by atoms with E-state index in [1.807, 2.05) is 18.2 Å². The highest BCUT2D eigenvalue weighted by molar-refractivity contribution is 6.09. The molecule has 5 heteroatoms.